The molecule has 0 fully saturated rings. The summed E-state index contributed by atoms with van der Waals surface area (Å²) in [6.45, 7) is 0. The van der Waals surface area contributed by atoms with Crippen molar-refractivity contribution < 1.29 is 8.42 Å². The first-order chi connectivity index (χ1) is 10.0. The Bertz CT molecular complexity index is 875. The van der Waals surface area contributed by atoms with Gasteiger partial charge in [0, 0.05) is 11.2 Å². The van der Waals surface area contributed by atoms with Crippen LogP contribution in [0.15, 0.2) is 42.6 Å². The number of fused-ring (bicyclic) bond motifs is 1. The van der Waals surface area contributed by atoms with Gasteiger partial charge in [-0.15, -0.1) is 0 Å². The summed E-state index contributed by atoms with van der Waals surface area (Å²) in [6.07, 6.45) is 1.60. The number of sulfonamides is 1. The summed E-state index contributed by atoms with van der Waals surface area (Å²) < 4.78 is 26.8. The van der Waals surface area contributed by atoms with Gasteiger partial charge in [0.15, 0.2) is 11.5 Å². The van der Waals surface area contributed by atoms with E-state index in [0.29, 0.717) is 21.6 Å². The number of H-pyrrole nitrogens is 1. The summed E-state index contributed by atoms with van der Waals surface area (Å²) in [5.74, 6) is 0.0887. The molecule has 3 rings (SSSR count). The Morgan fingerprint density at radius 2 is 1.95 bits per heavy atom. The van der Waals surface area contributed by atoms with E-state index in [2.05, 4.69) is 19.9 Å². The second kappa shape index (κ2) is 5.34. The van der Waals surface area contributed by atoms with Gasteiger partial charge in [0.25, 0.3) is 0 Å². The van der Waals surface area contributed by atoms with Gasteiger partial charge in [0.1, 0.15) is 0 Å². The Balaban J connectivity index is 1.84. The lowest BCUT2D eigenvalue weighted by Gasteiger charge is -2.06. The molecular weight excluding hydrogens is 312 g/mol. The molecule has 0 saturated heterocycles. The van der Waals surface area contributed by atoms with Crippen LogP contribution < -0.4 is 4.72 Å². The third-order valence-electron chi connectivity index (χ3n) is 2.86. The number of halogens is 1. The molecule has 21 heavy (non-hydrogen) atoms. The van der Waals surface area contributed by atoms with Gasteiger partial charge in [-0.3, -0.25) is 9.82 Å². The van der Waals surface area contributed by atoms with Crippen molar-refractivity contribution in [3.63, 3.8) is 0 Å². The molecule has 1 aromatic carbocycles. The van der Waals surface area contributed by atoms with Crippen LogP contribution in [-0.2, 0) is 15.8 Å². The van der Waals surface area contributed by atoms with Gasteiger partial charge in [-0.2, -0.15) is 5.10 Å². The number of aromatic amines is 1. The van der Waals surface area contributed by atoms with Crippen molar-refractivity contribution in [3.8, 4) is 0 Å². The monoisotopic (exact) mass is 322 g/mol. The normalized spacial score (nSPS) is 11.7. The number of hydrogen-bond donors (Lipinski definition) is 2. The second-order valence-corrected chi connectivity index (χ2v) is 6.62. The van der Waals surface area contributed by atoms with Gasteiger partial charge >= 0.3 is 0 Å². The van der Waals surface area contributed by atoms with E-state index in [0.717, 1.165) is 0 Å². The van der Waals surface area contributed by atoms with Gasteiger partial charge in [0.05, 0.1) is 11.1 Å². The molecule has 0 spiro atoms. The Kier molecular flexibility index (Phi) is 3.52. The standard InChI is InChI=1S/C13H11ClN4O2S/c14-10-5-3-9(4-6-10)8-21(19,20)18-13-11-2-1-7-15-12(11)16-17-13/h1-7H,8H2,(H2,15,16,17,18). The lowest BCUT2D eigenvalue weighted by Crippen LogP contribution is -2.15. The highest BCUT2D eigenvalue weighted by atomic mass is 35.5. The molecule has 0 bridgehead atoms. The van der Waals surface area contributed by atoms with Gasteiger partial charge < -0.3 is 0 Å². The molecule has 0 aliphatic rings. The van der Waals surface area contributed by atoms with E-state index in [1.807, 2.05) is 0 Å². The minimum Gasteiger partial charge on any atom is -0.265 e. The van der Waals surface area contributed by atoms with Crippen LogP contribution in [0.5, 0.6) is 0 Å². The van der Waals surface area contributed by atoms with E-state index in [4.69, 9.17) is 11.6 Å². The zero-order valence-electron chi connectivity index (χ0n) is 10.7. The van der Waals surface area contributed by atoms with E-state index in [-0.39, 0.29) is 11.6 Å². The maximum atomic E-state index is 12.2. The molecular formula is C13H11ClN4O2S. The number of benzene rings is 1. The highest BCUT2D eigenvalue weighted by Gasteiger charge is 2.15. The maximum Gasteiger partial charge on any atom is 0.238 e. The third kappa shape index (κ3) is 3.14. The van der Waals surface area contributed by atoms with E-state index < -0.39 is 10.0 Å². The van der Waals surface area contributed by atoms with Crippen molar-refractivity contribution in [1.29, 1.82) is 0 Å². The predicted octanol–water partition coefficient (Wildman–Crippen LogP) is 2.55. The fourth-order valence-electron chi connectivity index (χ4n) is 1.92. The maximum absolute atomic E-state index is 12.2. The predicted molar refractivity (Wildman–Crippen MR) is 81.6 cm³/mol. The lowest BCUT2D eigenvalue weighted by atomic mass is 10.2. The van der Waals surface area contributed by atoms with Crippen LogP contribution in [0.3, 0.4) is 0 Å². The molecule has 0 aliphatic carbocycles. The summed E-state index contributed by atoms with van der Waals surface area (Å²) in [5, 5.41) is 7.80. The third-order valence-corrected chi connectivity index (χ3v) is 4.33. The first-order valence-corrected chi connectivity index (χ1v) is 8.10. The Morgan fingerprint density at radius 1 is 1.19 bits per heavy atom. The number of hydrogen-bond acceptors (Lipinski definition) is 4. The van der Waals surface area contributed by atoms with Crippen LogP contribution in [0.1, 0.15) is 5.56 Å². The average Bonchev–Trinajstić information content (AvgIpc) is 2.84. The molecule has 0 amide bonds. The first-order valence-electron chi connectivity index (χ1n) is 6.07. The summed E-state index contributed by atoms with van der Waals surface area (Å²) >= 11 is 5.78. The Morgan fingerprint density at radius 3 is 2.71 bits per heavy atom. The van der Waals surface area contributed by atoms with Crippen molar-refractivity contribution in [2.24, 2.45) is 0 Å². The van der Waals surface area contributed by atoms with Crippen LogP contribution >= 0.6 is 11.6 Å². The number of pyridine rings is 1. The molecule has 6 nitrogen and oxygen atoms in total. The summed E-state index contributed by atoms with van der Waals surface area (Å²) in [7, 11) is -3.57. The molecule has 0 unspecified atom stereocenters. The summed E-state index contributed by atoms with van der Waals surface area (Å²) in [4.78, 5) is 4.06. The molecule has 8 heteroatoms. The molecule has 0 radical (unpaired) electrons. The van der Waals surface area contributed by atoms with Crippen molar-refractivity contribution in [3.05, 3.63) is 53.2 Å². The van der Waals surface area contributed by atoms with Crippen LogP contribution in [0.4, 0.5) is 5.82 Å². The smallest absolute Gasteiger partial charge is 0.238 e. The van der Waals surface area contributed by atoms with Crippen LogP contribution in [0, 0.1) is 0 Å². The van der Waals surface area contributed by atoms with Gasteiger partial charge in [-0.1, -0.05) is 23.7 Å². The second-order valence-electron chi connectivity index (χ2n) is 4.46. The van der Waals surface area contributed by atoms with E-state index in [1.165, 1.54) is 0 Å². The fourth-order valence-corrected chi connectivity index (χ4v) is 3.20. The Hall–Kier alpha value is -2.12. The van der Waals surface area contributed by atoms with Crippen molar-refractivity contribution in [1.82, 2.24) is 15.2 Å². The minimum atomic E-state index is -3.57. The van der Waals surface area contributed by atoms with Crippen molar-refractivity contribution in [2.75, 3.05) is 4.72 Å². The summed E-state index contributed by atoms with van der Waals surface area (Å²) in [6, 6.07) is 10.1. The lowest BCUT2D eigenvalue weighted by molar-refractivity contribution is 0.600. The van der Waals surface area contributed by atoms with Gasteiger partial charge in [-0.05, 0) is 29.8 Å². The summed E-state index contributed by atoms with van der Waals surface area (Å²) in [5.41, 5.74) is 1.17. The molecule has 108 valence electrons. The van der Waals surface area contributed by atoms with E-state index in [1.54, 1.807) is 42.6 Å². The highest BCUT2D eigenvalue weighted by Crippen LogP contribution is 2.20. The van der Waals surface area contributed by atoms with Gasteiger partial charge in [0.2, 0.25) is 10.0 Å². The fraction of sp³-hybridized carbons (Fsp3) is 0.0769. The molecule has 2 heterocycles. The van der Waals surface area contributed by atoms with Gasteiger partial charge in [-0.25, -0.2) is 13.4 Å². The van der Waals surface area contributed by atoms with Crippen LogP contribution in [0.25, 0.3) is 11.0 Å². The molecule has 2 N–H and O–H groups in total. The number of nitrogens with one attached hydrogen (secondary N) is 2. The topological polar surface area (TPSA) is 87.7 Å². The quantitative estimate of drug-likeness (QED) is 0.772. The largest absolute Gasteiger partial charge is 0.265 e. The highest BCUT2D eigenvalue weighted by molar-refractivity contribution is 7.91. The van der Waals surface area contributed by atoms with Crippen LogP contribution in [0.2, 0.25) is 5.02 Å². The van der Waals surface area contributed by atoms with E-state index >= 15 is 0 Å². The molecule has 0 aliphatic heterocycles. The molecule has 3 aromatic rings. The van der Waals surface area contributed by atoms with Crippen molar-refractivity contribution in [2.45, 2.75) is 5.75 Å². The minimum absolute atomic E-state index is 0.154. The van der Waals surface area contributed by atoms with Crippen LogP contribution in [-0.4, -0.2) is 23.6 Å². The average molecular weight is 323 g/mol. The number of anilines is 1. The SMILES string of the molecule is O=S(=O)(Cc1ccc(Cl)cc1)Nc1n[nH]c2ncccc12. The molecule has 0 saturated carbocycles. The number of aromatic nitrogens is 3. The Labute approximate surface area is 126 Å². The zero-order valence-corrected chi connectivity index (χ0v) is 12.3. The van der Waals surface area contributed by atoms with E-state index in [9.17, 15) is 8.42 Å². The van der Waals surface area contributed by atoms with Crippen molar-refractivity contribution >= 4 is 38.5 Å². The number of nitrogens with zero attached hydrogens (tertiary/aromatic N) is 2. The first kappa shape index (κ1) is 13.8. The molecule has 0 atom stereocenters. The molecule has 2 aromatic heterocycles. The number of rotatable bonds is 4. The zero-order chi connectivity index (χ0) is 14.9.